The summed E-state index contributed by atoms with van der Waals surface area (Å²) < 4.78 is 11.8. The van der Waals surface area contributed by atoms with Crippen LogP contribution in [0.25, 0.3) is 11.4 Å². The number of aromatic amines is 1. The lowest BCUT2D eigenvalue weighted by Crippen LogP contribution is -2.36. The van der Waals surface area contributed by atoms with Crippen LogP contribution in [0.3, 0.4) is 0 Å². The van der Waals surface area contributed by atoms with Crippen molar-refractivity contribution in [3.8, 4) is 22.9 Å². The van der Waals surface area contributed by atoms with Crippen molar-refractivity contribution in [1.29, 1.82) is 0 Å². The van der Waals surface area contributed by atoms with Crippen LogP contribution in [0.2, 0.25) is 0 Å². The summed E-state index contributed by atoms with van der Waals surface area (Å²) in [7, 11) is 0. The number of aryl methyl sites for hydroxylation is 1. The molecule has 1 aromatic carbocycles. The van der Waals surface area contributed by atoms with Crippen LogP contribution >= 0.6 is 0 Å². The Labute approximate surface area is 209 Å². The minimum absolute atomic E-state index is 0.162. The van der Waals surface area contributed by atoms with Crippen LogP contribution < -0.4 is 20.5 Å². The Bertz CT molecular complexity index is 1480. The number of aromatic nitrogens is 3. The molecule has 36 heavy (non-hydrogen) atoms. The molecule has 8 nitrogen and oxygen atoms in total. The van der Waals surface area contributed by atoms with Crippen molar-refractivity contribution in [1.82, 2.24) is 15.0 Å². The molecule has 0 saturated carbocycles. The zero-order valence-electron chi connectivity index (χ0n) is 20.1. The van der Waals surface area contributed by atoms with Gasteiger partial charge in [-0.15, -0.1) is 0 Å². The number of fused-ring (bicyclic) bond motifs is 2. The van der Waals surface area contributed by atoms with Gasteiger partial charge in [0.25, 0.3) is 5.56 Å². The first kappa shape index (κ1) is 22.3. The minimum atomic E-state index is -0.162. The van der Waals surface area contributed by atoms with Gasteiger partial charge in [0.15, 0.2) is 5.75 Å². The Morgan fingerprint density at radius 2 is 1.86 bits per heavy atom. The number of anilines is 2. The molecule has 0 unspecified atom stereocenters. The summed E-state index contributed by atoms with van der Waals surface area (Å²) in [5.74, 6) is 1.49. The Balaban J connectivity index is 1.26. The van der Waals surface area contributed by atoms with Gasteiger partial charge in [-0.2, -0.15) is 0 Å². The Morgan fingerprint density at radius 1 is 1.00 bits per heavy atom. The van der Waals surface area contributed by atoms with Crippen molar-refractivity contribution >= 4 is 11.4 Å². The predicted octanol–water partition coefficient (Wildman–Crippen LogP) is 4.29. The molecule has 5 heterocycles. The molecule has 4 aromatic rings. The number of nitrogens with zero attached hydrogens (tertiary/aromatic N) is 3. The SMILES string of the molecule is Cc1cc(CNc2ccc3c(c2)Cc2ccnc(-c4cc(N5CCOCC5)cc(=O)[nH]4)c2O3)ccn1. The first-order chi connectivity index (χ1) is 17.6. The molecule has 1 fully saturated rings. The predicted molar refractivity (Wildman–Crippen MR) is 139 cm³/mol. The molecule has 0 atom stereocenters. The number of hydrogen-bond donors (Lipinski definition) is 2. The van der Waals surface area contributed by atoms with E-state index in [1.165, 1.54) is 5.56 Å². The van der Waals surface area contributed by atoms with Gasteiger partial charge < -0.3 is 24.7 Å². The molecule has 6 rings (SSSR count). The summed E-state index contributed by atoms with van der Waals surface area (Å²) in [6.45, 7) is 5.53. The molecular weight excluding hydrogens is 454 g/mol. The van der Waals surface area contributed by atoms with Gasteiger partial charge in [0.05, 0.1) is 18.9 Å². The smallest absolute Gasteiger partial charge is 0.250 e. The highest BCUT2D eigenvalue weighted by Gasteiger charge is 2.23. The van der Waals surface area contributed by atoms with Crippen LogP contribution in [-0.2, 0) is 17.7 Å². The summed E-state index contributed by atoms with van der Waals surface area (Å²) in [4.78, 5) is 26.5. The van der Waals surface area contributed by atoms with Gasteiger partial charge in [0.1, 0.15) is 11.4 Å². The monoisotopic (exact) mass is 481 g/mol. The average molecular weight is 482 g/mol. The van der Waals surface area contributed by atoms with Crippen molar-refractivity contribution in [3.63, 3.8) is 0 Å². The largest absolute Gasteiger partial charge is 0.454 e. The molecule has 2 aliphatic rings. The summed E-state index contributed by atoms with van der Waals surface area (Å²) in [6, 6.07) is 15.8. The van der Waals surface area contributed by atoms with Gasteiger partial charge in [-0.1, -0.05) is 0 Å². The normalized spacial score (nSPS) is 14.5. The molecule has 0 spiro atoms. The molecule has 182 valence electrons. The van der Waals surface area contributed by atoms with E-state index in [-0.39, 0.29) is 5.56 Å². The number of benzene rings is 1. The van der Waals surface area contributed by atoms with Crippen LogP contribution in [0.4, 0.5) is 11.4 Å². The number of morpholine rings is 1. The number of nitrogens with one attached hydrogen (secondary N) is 2. The van der Waals surface area contributed by atoms with E-state index >= 15 is 0 Å². The van der Waals surface area contributed by atoms with E-state index in [9.17, 15) is 4.79 Å². The van der Waals surface area contributed by atoms with Crippen molar-refractivity contribution in [2.45, 2.75) is 19.9 Å². The second kappa shape index (κ2) is 9.47. The number of ether oxygens (including phenoxy) is 2. The third kappa shape index (κ3) is 4.55. The Hall–Kier alpha value is -4.17. The number of H-pyrrole nitrogens is 1. The molecule has 0 aliphatic carbocycles. The van der Waals surface area contributed by atoms with Crippen LogP contribution in [-0.4, -0.2) is 41.3 Å². The molecule has 0 bridgehead atoms. The van der Waals surface area contributed by atoms with Crippen molar-refractivity contribution in [2.75, 3.05) is 36.5 Å². The molecule has 0 radical (unpaired) electrons. The van der Waals surface area contributed by atoms with Crippen LogP contribution in [0, 0.1) is 6.92 Å². The molecule has 1 saturated heterocycles. The van der Waals surface area contributed by atoms with E-state index < -0.39 is 0 Å². The zero-order chi connectivity index (χ0) is 24.5. The molecule has 3 aromatic heterocycles. The fourth-order valence-electron chi connectivity index (χ4n) is 4.75. The molecule has 0 amide bonds. The van der Waals surface area contributed by atoms with Gasteiger partial charge in [-0.05, 0) is 55.0 Å². The number of hydrogen-bond acceptors (Lipinski definition) is 7. The van der Waals surface area contributed by atoms with Gasteiger partial charge in [0, 0.05) is 72.7 Å². The van der Waals surface area contributed by atoms with E-state index in [0.717, 1.165) is 60.0 Å². The minimum Gasteiger partial charge on any atom is -0.454 e. The van der Waals surface area contributed by atoms with E-state index in [0.29, 0.717) is 30.4 Å². The fraction of sp³-hybridized carbons (Fsp3) is 0.250. The molecule has 2 N–H and O–H groups in total. The van der Waals surface area contributed by atoms with E-state index in [2.05, 4.69) is 37.3 Å². The van der Waals surface area contributed by atoms with Crippen LogP contribution in [0.1, 0.15) is 22.4 Å². The van der Waals surface area contributed by atoms with Gasteiger partial charge in [-0.25, -0.2) is 0 Å². The molecular formula is C28H27N5O3. The maximum absolute atomic E-state index is 12.5. The number of rotatable bonds is 5. The van der Waals surface area contributed by atoms with Crippen LogP contribution in [0.5, 0.6) is 11.5 Å². The second-order valence-corrected chi connectivity index (χ2v) is 9.12. The van der Waals surface area contributed by atoms with E-state index in [4.69, 9.17) is 9.47 Å². The van der Waals surface area contributed by atoms with Crippen LogP contribution in [0.15, 0.2) is 65.7 Å². The van der Waals surface area contributed by atoms with Crippen molar-refractivity contribution in [3.05, 3.63) is 93.7 Å². The summed E-state index contributed by atoms with van der Waals surface area (Å²) in [6.07, 6.45) is 4.33. The van der Waals surface area contributed by atoms with E-state index in [1.54, 1.807) is 12.3 Å². The summed E-state index contributed by atoms with van der Waals surface area (Å²) in [5, 5.41) is 3.49. The lowest BCUT2D eigenvalue weighted by atomic mass is 9.99. The summed E-state index contributed by atoms with van der Waals surface area (Å²) in [5.41, 5.74) is 7.36. The van der Waals surface area contributed by atoms with Gasteiger partial charge >= 0.3 is 0 Å². The maximum atomic E-state index is 12.5. The fourth-order valence-corrected chi connectivity index (χ4v) is 4.75. The maximum Gasteiger partial charge on any atom is 0.250 e. The quantitative estimate of drug-likeness (QED) is 0.387. The lowest BCUT2D eigenvalue weighted by molar-refractivity contribution is 0.122. The standard InChI is InChI=1S/C28H27N5O3/c1-18-12-19(4-6-29-18)17-31-22-2-3-25-21(14-22)13-20-5-7-30-27(28(20)36-25)24-15-23(16-26(34)32-24)33-8-10-35-11-9-33/h2-7,12,14-16,31H,8-11,13,17H2,1H3,(H,32,34). The van der Waals surface area contributed by atoms with E-state index in [1.807, 2.05) is 43.5 Å². The highest BCUT2D eigenvalue weighted by atomic mass is 16.5. The Kier molecular flexibility index (Phi) is 5.87. The van der Waals surface area contributed by atoms with Gasteiger partial charge in [0.2, 0.25) is 0 Å². The third-order valence-corrected chi connectivity index (χ3v) is 6.56. The lowest BCUT2D eigenvalue weighted by Gasteiger charge is -2.29. The number of pyridine rings is 3. The zero-order valence-corrected chi connectivity index (χ0v) is 20.1. The van der Waals surface area contributed by atoms with Crippen molar-refractivity contribution in [2.24, 2.45) is 0 Å². The third-order valence-electron chi connectivity index (χ3n) is 6.56. The van der Waals surface area contributed by atoms with Gasteiger partial charge in [-0.3, -0.25) is 14.8 Å². The molecule has 8 heteroatoms. The average Bonchev–Trinajstić information content (AvgIpc) is 2.90. The second-order valence-electron chi connectivity index (χ2n) is 9.12. The highest BCUT2D eigenvalue weighted by Crippen LogP contribution is 2.42. The molecule has 2 aliphatic heterocycles. The Morgan fingerprint density at radius 3 is 2.72 bits per heavy atom. The topological polar surface area (TPSA) is 92.4 Å². The van der Waals surface area contributed by atoms with Crippen molar-refractivity contribution < 1.29 is 9.47 Å². The highest BCUT2D eigenvalue weighted by molar-refractivity contribution is 5.71. The summed E-state index contributed by atoms with van der Waals surface area (Å²) >= 11 is 0. The first-order valence-electron chi connectivity index (χ1n) is 12.1. The first-order valence-corrected chi connectivity index (χ1v) is 12.1.